The van der Waals surface area contributed by atoms with Crippen molar-refractivity contribution in [2.45, 2.75) is 31.5 Å². The van der Waals surface area contributed by atoms with E-state index >= 15 is 0 Å². The van der Waals surface area contributed by atoms with Crippen LogP contribution in [0.4, 0.5) is 13.2 Å². The highest BCUT2D eigenvalue weighted by Gasteiger charge is 2.35. The first-order valence-electron chi connectivity index (χ1n) is 12.3. The SMILES string of the molecule is COc1ncnc(C2CC2)c1-c1ncc(-c2cocn2)c(OCc2ccc(-c3nc(C(F)(F)F)cn3C)cc2)n1. The summed E-state index contributed by atoms with van der Waals surface area (Å²) < 4.78 is 57.3. The monoisotopic (exact) mass is 549 g/mol. The second-order valence-electron chi connectivity index (χ2n) is 9.25. The number of halogens is 3. The summed E-state index contributed by atoms with van der Waals surface area (Å²) in [7, 11) is 3.05. The van der Waals surface area contributed by atoms with Crippen molar-refractivity contribution in [3.05, 3.63) is 72.6 Å². The van der Waals surface area contributed by atoms with Gasteiger partial charge in [-0.1, -0.05) is 24.3 Å². The molecule has 1 aliphatic carbocycles. The minimum atomic E-state index is -4.52. The van der Waals surface area contributed by atoms with Gasteiger partial charge in [-0.25, -0.2) is 24.9 Å². The number of hydrogen-bond acceptors (Lipinski definition) is 9. The minimum Gasteiger partial charge on any atom is -0.480 e. The van der Waals surface area contributed by atoms with E-state index in [0.717, 1.165) is 30.3 Å². The molecule has 204 valence electrons. The van der Waals surface area contributed by atoms with Gasteiger partial charge in [0.15, 0.2) is 17.9 Å². The van der Waals surface area contributed by atoms with Crippen molar-refractivity contribution < 1.29 is 27.1 Å². The maximum atomic E-state index is 13.1. The van der Waals surface area contributed by atoms with E-state index in [4.69, 9.17) is 18.9 Å². The van der Waals surface area contributed by atoms with E-state index in [1.54, 1.807) is 30.5 Å². The molecule has 1 aromatic carbocycles. The highest BCUT2D eigenvalue weighted by Crippen LogP contribution is 2.45. The van der Waals surface area contributed by atoms with Crippen LogP contribution in [0.1, 0.15) is 35.7 Å². The Hall–Kier alpha value is -4.81. The van der Waals surface area contributed by atoms with Gasteiger partial charge in [0.2, 0.25) is 11.8 Å². The molecule has 4 aromatic heterocycles. The third-order valence-corrected chi connectivity index (χ3v) is 6.44. The lowest BCUT2D eigenvalue weighted by Crippen LogP contribution is -2.05. The molecule has 0 aliphatic heterocycles. The van der Waals surface area contributed by atoms with Crippen LogP contribution in [-0.4, -0.2) is 41.6 Å². The predicted octanol–water partition coefficient (Wildman–Crippen LogP) is 5.47. The van der Waals surface area contributed by atoms with Gasteiger partial charge < -0.3 is 18.5 Å². The molecule has 1 saturated carbocycles. The van der Waals surface area contributed by atoms with E-state index in [-0.39, 0.29) is 18.3 Å². The molecule has 5 aromatic rings. The first kappa shape index (κ1) is 25.5. The van der Waals surface area contributed by atoms with E-state index in [2.05, 4.69) is 24.9 Å². The molecule has 4 heterocycles. The molecule has 0 unspecified atom stereocenters. The Labute approximate surface area is 225 Å². The lowest BCUT2D eigenvalue weighted by atomic mass is 10.1. The molecular weight excluding hydrogens is 527 g/mol. The van der Waals surface area contributed by atoms with E-state index < -0.39 is 11.9 Å². The fourth-order valence-corrected chi connectivity index (χ4v) is 4.30. The van der Waals surface area contributed by atoms with Gasteiger partial charge in [0.25, 0.3) is 0 Å². The largest absolute Gasteiger partial charge is 0.480 e. The average Bonchev–Trinajstić information content (AvgIpc) is 3.50. The summed E-state index contributed by atoms with van der Waals surface area (Å²) in [5, 5.41) is 0. The molecule has 1 aliphatic rings. The molecule has 0 N–H and O–H groups in total. The van der Waals surface area contributed by atoms with Crippen LogP contribution in [0, 0.1) is 0 Å². The topological polar surface area (TPSA) is 114 Å². The third-order valence-electron chi connectivity index (χ3n) is 6.44. The summed E-state index contributed by atoms with van der Waals surface area (Å²) in [6, 6.07) is 6.90. The van der Waals surface area contributed by atoms with Crippen molar-refractivity contribution >= 4 is 0 Å². The summed E-state index contributed by atoms with van der Waals surface area (Å²) in [5.74, 6) is 1.48. The lowest BCUT2D eigenvalue weighted by molar-refractivity contribution is -0.140. The van der Waals surface area contributed by atoms with Crippen LogP contribution in [0.25, 0.3) is 34.0 Å². The molecule has 13 heteroatoms. The predicted molar refractivity (Wildman–Crippen MR) is 135 cm³/mol. The number of alkyl halides is 3. The molecule has 0 atom stereocenters. The number of methoxy groups -OCH3 is 1. The lowest BCUT2D eigenvalue weighted by Gasteiger charge is -2.14. The van der Waals surface area contributed by atoms with Gasteiger partial charge in [-0.3, -0.25) is 0 Å². The smallest absolute Gasteiger partial charge is 0.434 e. The number of rotatable bonds is 8. The Balaban J connectivity index is 1.30. The Bertz CT molecular complexity index is 1650. The summed E-state index contributed by atoms with van der Waals surface area (Å²) in [6.45, 7) is 0.119. The Kier molecular flexibility index (Phi) is 6.40. The summed E-state index contributed by atoms with van der Waals surface area (Å²) in [6.07, 6.45) is 4.30. The van der Waals surface area contributed by atoms with Crippen LogP contribution in [0.3, 0.4) is 0 Å². The van der Waals surface area contributed by atoms with Crippen molar-refractivity contribution in [2.75, 3.05) is 7.11 Å². The van der Waals surface area contributed by atoms with E-state index in [1.165, 1.54) is 37.7 Å². The Morgan fingerprint density at radius 1 is 1.02 bits per heavy atom. The number of oxazole rings is 1. The number of benzene rings is 1. The molecule has 0 saturated heterocycles. The van der Waals surface area contributed by atoms with Gasteiger partial charge in [0.1, 0.15) is 36.3 Å². The fourth-order valence-electron chi connectivity index (χ4n) is 4.30. The second kappa shape index (κ2) is 10.1. The molecule has 6 rings (SSSR count). The molecule has 10 nitrogen and oxygen atoms in total. The summed E-state index contributed by atoms with van der Waals surface area (Å²) in [5.41, 5.74) is 2.81. The van der Waals surface area contributed by atoms with Crippen LogP contribution in [-0.2, 0) is 19.8 Å². The number of imidazole rings is 1. The summed E-state index contributed by atoms with van der Waals surface area (Å²) >= 11 is 0. The van der Waals surface area contributed by atoms with Crippen molar-refractivity contribution in [3.63, 3.8) is 0 Å². The Morgan fingerprint density at radius 2 is 1.82 bits per heavy atom. The van der Waals surface area contributed by atoms with Gasteiger partial charge in [-0.15, -0.1) is 0 Å². The summed E-state index contributed by atoms with van der Waals surface area (Å²) in [4.78, 5) is 25.9. The fraction of sp³-hybridized carbons (Fsp3) is 0.259. The zero-order chi connectivity index (χ0) is 27.9. The molecule has 0 amide bonds. The van der Waals surface area contributed by atoms with Gasteiger partial charge >= 0.3 is 6.18 Å². The maximum absolute atomic E-state index is 13.1. The van der Waals surface area contributed by atoms with Crippen LogP contribution in [0.15, 0.2) is 60.1 Å². The van der Waals surface area contributed by atoms with Crippen LogP contribution in [0.2, 0.25) is 0 Å². The van der Waals surface area contributed by atoms with Crippen molar-refractivity contribution in [1.82, 2.24) is 34.5 Å². The maximum Gasteiger partial charge on any atom is 0.434 e. The van der Waals surface area contributed by atoms with E-state index in [0.29, 0.717) is 40.0 Å². The highest BCUT2D eigenvalue weighted by atomic mass is 19.4. The standard InChI is InChI=1S/C27H22F3N7O3/c1-37-10-20(27(28,29)30)35-24(37)17-5-3-15(4-6-17)11-40-25-18(19-12-39-14-34-19)9-31-23(36-25)21-22(16-7-8-16)32-13-33-26(21)38-2/h3-6,9-10,12-14,16H,7-8,11H2,1-2H3. The third kappa shape index (κ3) is 4.97. The first-order valence-corrected chi connectivity index (χ1v) is 12.3. The number of aryl methyl sites for hydroxylation is 1. The molecule has 0 radical (unpaired) electrons. The molecular formula is C27H22F3N7O3. The molecule has 0 spiro atoms. The van der Waals surface area contributed by atoms with Crippen molar-refractivity contribution in [3.8, 4) is 45.8 Å². The van der Waals surface area contributed by atoms with Gasteiger partial charge in [-0.2, -0.15) is 18.2 Å². The van der Waals surface area contributed by atoms with Crippen LogP contribution < -0.4 is 9.47 Å². The number of ether oxygens (including phenoxy) is 2. The quantitative estimate of drug-likeness (QED) is 0.248. The van der Waals surface area contributed by atoms with Gasteiger partial charge in [0, 0.05) is 30.9 Å². The van der Waals surface area contributed by atoms with Crippen molar-refractivity contribution in [2.24, 2.45) is 7.05 Å². The zero-order valence-corrected chi connectivity index (χ0v) is 21.4. The number of nitrogens with zero attached hydrogens (tertiary/aromatic N) is 7. The molecule has 0 bridgehead atoms. The van der Waals surface area contributed by atoms with Crippen molar-refractivity contribution in [1.29, 1.82) is 0 Å². The number of aromatic nitrogens is 7. The highest BCUT2D eigenvalue weighted by molar-refractivity contribution is 5.70. The minimum absolute atomic E-state index is 0.119. The first-order chi connectivity index (χ1) is 19.3. The zero-order valence-electron chi connectivity index (χ0n) is 21.4. The van der Waals surface area contributed by atoms with Gasteiger partial charge in [0.05, 0.1) is 18.4 Å². The normalized spacial score (nSPS) is 13.4. The number of hydrogen-bond donors (Lipinski definition) is 0. The molecule has 1 fully saturated rings. The Morgan fingerprint density at radius 3 is 2.48 bits per heavy atom. The van der Waals surface area contributed by atoms with E-state index in [1.807, 2.05) is 0 Å². The average molecular weight is 550 g/mol. The van der Waals surface area contributed by atoms with E-state index in [9.17, 15) is 13.2 Å². The van der Waals surface area contributed by atoms with Gasteiger partial charge in [-0.05, 0) is 18.4 Å². The second-order valence-corrected chi connectivity index (χ2v) is 9.25. The van der Waals surface area contributed by atoms with Crippen LogP contribution >= 0.6 is 0 Å². The van der Waals surface area contributed by atoms with Crippen LogP contribution in [0.5, 0.6) is 11.8 Å². The molecule has 40 heavy (non-hydrogen) atoms.